The number of fused-ring (bicyclic) bond motifs is 8. The lowest BCUT2D eigenvalue weighted by molar-refractivity contribution is -0.432. The number of imidazole rings is 2. The lowest BCUT2D eigenvalue weighted by Crippen LogP contribution is -2.16. The third-order valence-corrected chi connectivity index (χ3v) is 8.64. The third-order valence-electron chi connectivity index (χ3n) is 7.22. The van der Waals surface area contributed by atoms with Crippen LogP contribution in [0.15, 0.2) is 80.0 Å². The van der Waals surface area contributed by atoms with Crippen LogP contribution in [0, 0.1) is 0 Å². The van der Waals surface area contributed by atoms with E-state index in [1.807, 2.05) is 6.07 Å². The van der Waals surface area contributed by atoms with Gasteiger partial charge in [-0.05, 0) is 60.7 Å². The molecule has 0 aliphatic carbocycles. The minimum atomic E-state index is -4.47. The molecule has 12 nitrogen and oxygen atoms in total. The van der Waals surface area contributed by atoms with Crippen molar-refractivity contribution in [2.75, 3.05) is 0 Å². The number of hydrogen-bond donors (Lipinski definition) is 2. The predicted octanol–water partition coefficient (Wildman–Crippen LogP) is 4.02. The largest absolute Gasteiger partial charge is 0.294 e. The minimum Gasteiger partial charge on any atom is -0.282 e. The number of rotatable bonds is 4. The zero-order valence-corrected chi connectivity index (χ0v) is 21.4. The Balaban J connectivity index is 1.52. The second kappa shape index (κ2) is 7.82. The summed E-state index contributed by atoms with van der Waals surface area (Å²) in [7, 11) is -4.47. The van der Waals surface area contributed by atoms with Crippen LogP contribution in [0.4, 0.5) is 0 Å². The summed E-state index contributed by atoms with van der Waals surface area (Å²) in [4.78, 5) is 37.1. The average molecular weight is 573 g/mol. The molecule has 0 atom stereocenters. The third kappa shape index (κ3) is 2.96. The van der Waals surface area contributed by atoms with Crippen molar-refractivity contribution in [1.29, 1.82) is 0 Å². The van der Waals surface area contributed by atoms with Gasteiger partial charge in [0, 0.05) is 37.2 Å². The van der Waals surface area contributed by atoms with E-state index in [2.05, 4.69) is 14.4 Å². The van der Waals surface area contributed by atoms with Crippen molar-refractivity contribution >= 4 is 87.8 Å². The van der Waals surface area contributed by atoms with Crippen molar-refractivity contribution in [2.24, 2.45) is 0 Å². The number of aromatic nitrogens is 4. The Hall–Kier alpha value is -4.44. The highest BCUT2D eigenvalue weighted by Crippen LogP contribution is 2.37. The van der Waals surface area contributed by atoms with Crippen LogP contribution in [-0.4, -0.2) is 37.0 Å². The van der Waals surface area contributed by atoms with E-state index in [0.717, 1.165) is 12.0 Å². The van der Waals surface area contributed by atoms with Crippen molar-refractivity contribution < 1.29 is 27.6 Å². The Kier molecular flexibility index (Phi) is 4.58. The van der Waals surface area contributed by atoms with Crippen molar-refractivity contribution in [2.45, 2.75) is 9.79 Å². The molecule has 0 saturated carbocycles. The van der Waals surface area contributed by atoms with Gasteiger partial charge in [-0.1, -0.05) is 5.04 Å². The van der Waals surface area contributed by atoms with Gasteiger partial charge in [0.15, 0.2) is 0 Å². The number of hydrogen-bond acceptors (Lipinski definition) is 10. The molecule has 4 heterocycles. The molecule has 0 aliphatic rings. The maximum atomic E-state index is 13.8. The van der Waals surface area contributed by atoms with Gasteiger partial charge < -0.3 is 0 Å². The first-order valence-electron chi connectivity index (χ1n) is 11.6. The Labute approximate surface area is 225 Å². The standard InChI is InChI=1S/C26H12N4O8S2/c31-25-15-5-6-16-22-14(24-28-18-10-12(40(34,35)36)2-8-20(18)30(24)26(16)32)4-3-13(21(15)22)23-27-17-9-11(39-38-37-33)1-7-19(17)29(23)25/h1-10,33H,(H,34,35,36). The van der Waals surface area contributed by atoms with Crippen LogP contribution in [0.5, 0.6) is 0 Å². The monoisotopic (exact) mass is 572 g/mol. The fourth-order valence-corrected chi connectivity index (χ4v) is 6.52. The van der Waals surface area contributed by atoms with Gasteiger partial charge >= 0.3 is 0 Å². The molecule has 2 N–H and O–H groups in total. The van der Waals surface area contributed by atoms with Gasteiger partial charge in [0.25, 0.3) is 21.2 Å². The molecule has 40 heavy (non-hydrogen) atoms. The number of pyridine rings is 2. The Morgan fingerprint density at radius 3 is 1.80 bits per heavy atom. The van der Waals surface area contributed by atoms with Gasteiger partial charge in [0.1, 0.15) is 11.3 Å². The molecule has 196 valence electrons. The summed E-state index contributed by atoms with van der Waals surface area (Å²) in [6.07, 6.45) is 0. The van der Waals surface area contributed by atoms with E-state index in [-0.39, 0.29) is 21.5 Å². The zero-order chi connectivity index (χ0) is 27.5. The molecule has 0 radical (unpaired) electrons. The van der Waals surface area contributed by atoms with Crippen molar-refractivity contribution in [1.82, 2.24) is 18.8 Å². The molecule has 0 spiro atoms. The van der Waals surface area contributed by atoms with Gasteiger partial charge in [-0.3, -0.25) is 22.9 Å². The summed E-state index contributed by atoms with van der Waals surface area (Å²) in [6.45, 7) is 0. The van der Waals surface area contributed by atoms with Crippen LogP contribution >= 0.6 is 12.0 Å². The maximum Gasteiger partial charge on any atom is 0.294 e. The van der Waals surface area contributed by atoms with Gasteiger partial charge in [-0.25, -0.2) is 15.2 Å². The Morgan fingerprint density at radius 2 is 1.25 bits per heavy atom. The fraction of sp³-hybridized carbons (Fsp3) is 0. The zero-order valence-electron chi connectivity index (χ0n) is 19.7. The topological polar surface area (TPSA) is 162 Å². The van der Waals surface area contributed by atoms with Crippen molar-refractivity contribution in [3.63, 3.8) is 0 Å². The first-order chi connectivity index (χ1) is 19.3. The summed E-state index contributed by atoms with van der Waals surface area (Å²) in [6, 6.07) is 15.8. The van der Waals surface area contributed by atoms with Crippen LogP contribution in [0.2, 0.25) is 0 Å². The number of nitrogens with zero attached hydrogens (tertiary/aromatic N) is 4. The quantitative estimate of drug-likeness (QED) is 0.103. The first kappa shape index (κ1) is 23.4. The molecule has 0 amide bonds. The molecule has 8 aromatic rings. The molecule has 4 aromatic heterocycles. The maximum absolute atomic E-state index is 13.8. The lowest BCUT2D eigenvalue weighted by atomic mass is 9.96. The summed E-state index contributed by atoms with van der Waals surface area (Å²) < 4.78 is 40.3. The van der Waals surface area contributed by atoms with Crippen LogP contribution in [0.3, 0.4) is 0 Å². The average Bonchev–Trinajstić information content (AvgIpc) is 3.52. The molecule has 8 rings (SSSR count). The second-order valence-corrected chi connectivity index (χ2v) is 11.4. The SMILES string of the molecule is O=c1c2ccc3c(=O)n4c5ccc(S(=O)(=O)O)cc5nc4c4ccc(c2c34)c2nc3cc(SOOO)ccc3n12. The Bertz CT molecular complexity index is 2610. The van der Waals surface area contributed by atoms with E-state index < -0.39 is 10.1 Å². The van der Waals surface area contributed by atoms with Crippen molar-refractivity contribution in [3.05, 3.63) is 81.4 Å². The Morgan fingerprint density at radius 1 is 0.725 bits per heavy atom. The molecule has 0 bridgehead atoms. The molecular formula is C26H12N4O8S2. The highest BCUT2D eigenvalue weighted by molar-refractivity contribution is 7.94. The second-order valence-electron chi connectivity index (χ2n) is 9.23. The van der Waals surface area contributed by atoms with Crippen molar-refractivity contribution in [3.8, 4) is 0 Å². The highest BCUT2D eigenvalue weighted by Gasteiger charge is 2.23. The van der Waals surface area contributed by atoms with Crippen LogP contribution < -0.4 is 11.1 Å². The van der Waals surface area contributed by atoms with Gasteiger partial charge in [-0.15, -0.1) is 4.33 Å². The predicted molar refractivity (Wildman–Crippen MR) is 147 cm³/mol. The summed E-state index contributed by atoms with van der Waals surface area (Å²) in [5.41, 5.74) is 1.69. The molecule has 14 heteroatoms. The van der Waals surface area contributed by atoms with E-state index in [9.17, 15) is 22.6 Å². The van der Waals surface area contributed by atoms with Crippen LogP contribution in [-0.2, 0) is 19.5 Å². The van der Waals surface area contributed by atoms with E-state index in [0.29, 0.717) is 65.1 Å². The van der Waals surface area contributed by atoms with E-state index in [1.54, 1.807) is 36.4 Å². The molecular weight excluding hydrogens is 560 g/mol. The van der Waals surface area contributed by atoms with Gasteiger partial charge in [0.2, 0.25) is 0 Å². The van der Waals surface area contributed by atoms with E-state index in [4.69, 9.17) is 10.2 Å². The van der Waals surface area contributed by atoms with Crippen LogP contribution in [0.1, 0.15) is 0 Å². The van der Waals surface area contributed by atoms with Crippen LogP contribution in [0.25, 0.3) is 65.7 Å². The summed E-state index contributed by atoms with van der Waals surface area (Å²) in [5, 5.41) is 15.2. The molecule has 4 aromatic carbocycles. The summed E-state index contributed by atoms with van der Waals surface area (Å²) in [5.74, 6) is 0. The molecule has 0 fully saturated rings. The normalized spacial score (nSPS) is 12.9. The first-order valence-corrected chi connectivity index (χ1v) is 13.8. The fourth-order valence-electron chi connectivity index (χ4n) is 5.62. The molecule has 0 unspecified atom stereocenters. The lowest BCUT2D eigenvalue weighted by Gasteiger charge is -2.12. The van der Waals surface area contributed by atoms with Gasteiger partial charge in [-0.2, -0.15) is 8.42 Å². The smallest absolute Gasteiger partial charge is 0.282 e. The summed E-state index contributed by atoms with van der Waals surface area (Å²) >= 11 is 0.775. The van der Waals surface area contributed by atoms with E-state index in [1.165, 1.54) is 27.0 Å². The number of benzene rings is 4. The molecule has 0 aliphatic heterocycles. The minimum absolute atomic E-state index is 0.220. The highest BCUT2D eigenvalue weighted by atomic mass is 32.2. The molecule has 0 saturated heterocycles. The van der Waals surface area contributed by atoms with E-state index >= 15 is 0 Å². The van der Waals surface area contributed by atoms with Gasteiger partial charge in [0.05, 0.1) is 39.0 Å².